The van der Waals surface area contributed by atoms with Crippen LogP contribution in [0.3, 0.4) is 0 Å². The zero-order valence-corrected chi connectivity index (χ0v) is 10.6. The molecule has 0 aliphatic rings. The molecule has 0 aliphatic heterocycles. The maximum Gasteiger partial charge on any atom is 0.358 e. The Balaban J connectivity index is 2.37. The predicted octanol–water partition coefficient (Wildman–Crippen LogP) is 3.47. The first-order valence-electron chi connectivity index (χ1n) is 5.80. The Kier molecular flexibility index (Phi) is 3.19. The normalized spacial score (nSPS) is 10.9. The van der Waals surface area contributed by atoms with Gasteiger partial charge in [0, 0.05) is 5.56 Å². The summed E-state index contributed by atoms with van der Waals surface area (Å²) >= 11 is 0. The number of aromatic carboxylic acids is 1. The number of carboxylic acid groups (broad SMARTS) is 1. The van der Waals surface area contributed by atoms with Crippen LogP contribution in [0.2, 0.25) is 0 Å². The Hall–Kier alpha value is -2.10. The number of aromatic nitrogens is 1. The van der Waals surface area contributed by atoms with E-state index in [1.807, 2.05) is 24.3 Å². The molecule has 94 valence electrons. The van der Waals surface area contributed by atoms with Crippen molar-refractivity contribution in [2.45, 2.75) is 26.7 Å². The molecule has 18 heavy (non-hydrogen) atoms. The van der Waals surface area contributed by atoms with Gasteiger partial charge in [-0.2, -0.15) is 0 Å². The number of nitrogens with zero attached hydrogens (tertiary/aromatic N) is 1. The SMILES string of the molecule is Cc1oc(-c2ccc(C(C)C)cc2)nc1C(=O)O. The lowest BCUT2D eigenvalue weighted by Gasteiger charge is -2.04. The van der Waals surface area contributed by atoms with Crippen LogP contribution in [0.25, 0.3) is 11.5 Å². The van der Waals surface area contributed by atoms with Crippen LogP contribution in [0, 0.1) is 6.92 Å². The molecule has 2 aromatic rings. The molecule has 0 atom stereocenters. The van der Waals surface area contributed by atoms with Crippen LogP contribution in [-0.2, 0) is 0 Å². The van der Waals surface area contributed by atoms with Gasteiger partial charge < -0.3 is 9.52 Å². The third-order valence-corrected chi connectivity index (χ3v) is 2.82. The highest BCUT2D eigenvalue weighted by atomic mass is 16.4. The zero-order valence-electron chi connectivity index (χ0n) is 10.6. The van der Waals surface area contributed by atoms with Crippen LogP contribution in [0.15, 0.2) is 28.7 Å². The first kappa shape index (κ1) is 12.4. The molecule has 0 bridgehead atoms. The van der Waals surface area contributed by atoms with Gasteiger partial charge in [-0.15, -0.1) is 0 Å². The largest absolute Gasteiger partial charge is 0.476 e. The molecule has 0 aliphatic carbocycles. The summed E-state index contributed by atoms with van der Waals surface area (Å²) in [6.45, 7) is 5.84. The molecule has 0 saturated carbocycles. The maximum absolute atomic E-state index is 10.9. The average molecular weight is 245 g/mol. The lowest BCUT2D eigenvalue weighted by Crippen LogP contribution is -1.98. The number of rotatable bonds is 3. The van der Waals surface area contributed by atoms with Crippen molar-refractivity contribution in [2.24, 2.45) is 0 Å². The lowest BCUT2D eigenvalue weighted by atomic mass is 10.0. The number of hydrogen-bond donors (Lipinski definition) is 1. The van der Waals surface area contributed by atoms with E-state index in [4.69, 9.17) is 9.52 Å². The molecule has 4 heteroatoms. The van der Waals surface area contributed by atoms with E-state index in [0.29, 0.717) is 17.6 Å². The predicted molar refractivity (Wildman–Crippen MR) is 67.7 cm³/mol. The standard InChI is InChI=1S/C14H15NO3/c1-8(2)10-4-6-11(7-5-10)13-15-12(14(16)17)9(3)18-13/h4-8H,1-3H3,(H,16,17). The van der Waals surface area contributed by atoms with Crippen LogP contribution < -0.4 is 0 Å². The summed E-state index contributed by atoms with van der Waals surface area (Å²) in [6.07, 6.45) is 0. The molecular formula is C14H15NO3. The van der Waals surface area contributed by atoms with Crippen LogP contribution in [0.4, 0.5) is 0 Å². The molecule has 0 spiro atoms. The highest BCUT2D eigenvalue weighted by Gasteiger charge is 2.16. The summed E-state index contributed by atoms with van der Waals surface area (Å²) in [5, 5.41) is 8.92. The molecule has 0 radical (unpaired) electrons. The van der Waals surface area contributed by atoms with Gasteiger partial charge in [0.15, 0.2) is 5.69 Å². The molecule has 1 N–H and O–H groups in total. The van der Waals surface area contributed by atoms with Gasteiger partial charge in [-0.3, -0.25) is 0 Å². The average Bonchev–Trinajstić information content (AvgIpc) is 2.71. The van der Waals surface area contributed by atoms with Crippen molar-refractivity contribution >= 4 is 5.97 Å². The van der Waals surface area contributed by atoms with E-state index in [0.717, 1.165) is 5.56 Å². The minimum Gasteiger partial charge on any atom is -0.476 e. The van der Waals surface area contributed by atoms with E-state index in [9.17, 15) is 4.79 Å². The molecule has 1 heterocycles. The van der Waals surface area contributed by atoms with Crippen molar-refractivity contribution in [3.05, 3.63) is 41.3 Å². The fraction of sp³-hybridized carbons (Fsp3) is 0.286. The van der Waals surface area contributed by atoms with Crippen LogP contribution in [0.1, 0.15) is 41.6 Å². The summed E-state index contributed by atoms with van der Waals surface area (Å²) in [4.78, 5) is 14.9. The van der Waals surface area contributed by atoms with E-state index in [1.165, 1.54) is 5.56 Å². The second-order valence-electron chi connectivity index (χ2n) is 4.51. The molecule has 0 saturated heterocycles. The molecule has 2 rings (SSSR count). The quantitative estimate of drug-likeness (QED) is 0.899. The number of oxazole rings is 1. The third kappa shape index (κ3) is 2.27. The minimum absolute atomic E-state index is 0.0297. The summed E-state index contributed by atoms with van der Waals surface area (Å²) < 4.78 is 5.37. The summed E-state index contributed by atoms with van der Waals surface area (Å²) in [7, 11) is 0. The Morgan fingerprint density at radius 2 is 1.89 bits per heavy atom. The number of carboxylic acids is 1. The second kappa shape index (κ2) is 4.64. The maximum atomic E-state index is 10.9. The first-order chi connectivity index (χ1) is 8.49. The van der Waals surface area contributed by atoms with Crippen molar-refractivity contribution in [3.63, 3.8) is 0 Å². The van der Waals surface area contributed by atoms with Crippen molar-refractivity contribution < 1.29 is 14.3 Å². The van der Waals surface area contributed by atoms with Crippen molar-refractivity contribution in [2.75, 3.05) is 0 Å². The van der Waals surface area contributed by atoms with Gasteiger partial charge in [0.2, 0.25) is 5.89 Å². The Morgan fingerprint density at radius 1 is 1.28 bits per heavy atom. The number of aryl methyl sites for hydroxylation is 1. The fourth-order valence-corrected chi connectivity index (χ4v) is 1.73. The van der Waals surface area contributed by atoms with Gasteiger partial charge in [0.1, 0.15) is 5.76 Å². The van der Waals surface area contributed by atoms with Gasteiger partial charge in [-0.1, -0.05) is 26.0 Å². The summed E-state index contributed by atoms with van der Waals surface area (Å²) in [6, 6.07) is 7.79. The smallest absolute Gasteiger partial charge is 0.358 e. The van der Waals surface area contributed by atoms with E-state index < -0.39 is 5.97 Å². The van der Waals surface area contributed by atoms with Gasteiger partial charge in [0.25, 0.3) is 0 Å². The van der Waals surface area contributed by atoms with Crippen molar-refractivity contribution in [3.8, 4) is 11.5 Å². The van der Waals surface area contributed by atoms with Gasteiger partial charge in [-0.25, -0.2) is 9.78 Å². The fourth-order valence-electron chi connectivity index (χ4n) is 1.73. The lowest BCUT2D eigenvalue weighted by molar-refractivity contribution is 0.0689. The molecule has 0 amide bonds. The van der Waals surface area contributed by atoms with E-state index in [-0.39, 0.29) is 5.69 Å². The van der Waals surface area contributed by atoms with E-state index >= 15 is 0 Å². The van der Waals surface area contributed by atoms with Crippen molar-refractivity contribution in [1.29, 1.82) is 0 Å². The molecule has 1 aromatic heterocycles. The Labute approximate surface area is 105 Å². The highest BCUT2D eigenvalue weighted by Crippen LogP contribution is 2.24. The first-order valence-corrected chi connectivity index (χ1v) is 5.80. The molecule has 4 nitrogen and oxygen atoms in total. The molecule has 0 fully saturated rings. The van der Waals surface area contributed by atoms with Crippen molar-refractivity contribution in [1.82, 2.24) is 4.98 Å². The number of carbonyl (C=O) groups is 1. The molecule has 1 aromatic carbocycles. The van der Waals surface area contributed by atoms with Crippen LogP contribution >= 0.6 is 0 Å². The van der Waals surface area contributed by atoms with Crippen LogP contribution in [-0.4, -0.2) is 16.1 Å². The number of benzene rings is 1. The summed E-state index contributed by atoms with van der Waals surface area (Å²) in [5.74, 6) is 0.0619. The van der Waals surface area contributed by atoms with Crippen LogP contribution in [0.5, 0.6) is 0 Å². The van der Waals surface area contributed by atoms with E-state index in [1.54, 1.807) is 6.92 Å². The summed E-state index contributed by atoms with van der Waals surface area (Å²) in [5.41, 5.74) is 1.98. The molecular weight excluding hydrogens is 230 g/mol. The van der Waals surface area contributed by atoms with Gasteiger partial charge in [-0.05, 0) is 30.5 Å². The van der Waals surface area contributed by atoms with Gasteiger partial charge in [0.05, 0.1) is 0 Å². The molecule has 0 unspecified atom stereocenters. The number of hydrogen-bond acceptors (Lipinski definition) is 3. The van der Waals surface area contributed by atoms with E-state index in [2.05, 4.69) is 18.8 Å². The van der Waals surface area contributed by atoms with Gasteiger partial charge >= 0.3 is 5.97 Å². The third-order valence-electron chi connectivity index (χ3n) is 2.82. The Bertz CT molecular complexity index is 567. The Morgan fingerprint density at radius 3 is 2.33 bits per heavy atom. The highest BCUT2D eigenvalue weighted by molar-refractivity contribution is 5.87. The monoisotopic (exact) mass is 245 g/mol. The topological polar surface area (TPSA) is 63.3 Å². The zero-order chi connectivity index (χ0) is 13.3. The minimum atomic E-state index is -1.07. The second-order valence-corrected chi connectivity index (χ2v) is 4.51.